The number of carbonyl (C=O) groups is 1. The molecule has 5 heteroatoms. The molecule has 0 aromatic heterocycles. The van der Waals surface area contributed by atoms with E-state index in [2.05, 4.69) is 15.6 Å². The molecule has 0 aliphatic carbocycles. The molecule has 0 unspecified atom stereocenters. The van der Waals surface area contributed by atoms with Gasteiger partial charge in [-0.1, -0.05) is 0 Å². The second-order valence-corrected chi connectivity index (χ2v) is 2.30. The maximum Gasteiger partial charge on any atom is 0.219 e. The number of nitrogens with zero attached hydrogens (tertiary/aromatic N) is 1. The summed E-state index contributed by atoms with van der Waals surface area (Å²) in [5.74, 6) is 0.474. The molecule has 0 radical (unpaired) electrons. The van der Waals surface area contributed by atoms with Crippen LogP contribution in [0.15, 0.2) is 4.99 Å². The molecule has 4 N–H and O–H groups in total. The molecule has 1 aliphatic rings. The number of nitrogens with two attached hydrogens (primary N) is 1. The van der Waals surface area contributed by atoms with E-state index in [0.717, 1.165) is 19.0 Å². The smallest absolute Gasteiger partial charge is 0.219 e. The zero-order valence-electron chi connectivity index (χ0n) is 6.26. The van der Waals surface area contributed by atoms with E-state index >= 15 is 0 Å². The monoisotopic (exact) mass is 156 g/mol. The van der Waals surface area contributed by atoms with Crippen molar-refractivity contribution in [2.75, 3.05) is 19.6 Å². The lowest BCUT2D eigenvalue weighted by molar-refractivity contribution is -0.117. The van der Waals surface area contributed by atoms with E-state index in [1.165, 1.54) is 0 Å². The number of primary amides is 1. The highest BCUT2D eigenvalue weighted by atomic mass is 16.1. The zero-order valence-corrected chi connectivity index (χ0v) is 6.26. The average molecular weight is 156 g/mol. The zero-order chi connectivity index (χ0) is 8.10. The van der Waals surface area contributed by atoms with Crippen molar-refractivity contribution in [2.45, 2.75) is 6.42 Å². The van der Waals surface area contributed by atoms with Crippen LogP contribution in [0, 0.1) is 0 Å². The van der Waals surface area contributed by atoms with Crippen molar-refractivity contribution in [3.8, 4) is 0 Å². The van der Waals surface area contributed by atoms with Crippen molar-refractivity contribution in [1.29, 1.82) is 0 Å². The molecule has 1 rings (SSSR count). The molecule has 0 saturated carbocycles. The first-order valence-electron chi connectivity index (χ1n) is 3.59. The molecule has 0 fully saturated rings. The Hall–Kier alpha value is -1.26. The average Bonchev–Trinajstić information content (AvgIpc) is 2.39. The van der Waals surface area contributed by atoms with E-state index in [-0.39, 0.29) is 5.91 Å². The largest absolute Gasteiger partial charge is 0.370 e. The van der Waals surface area contributed by atoms with Crippen LogP contribution in [-0.2, 0) is 4.79 Å². The van der Waals surface area contributed by atoms with Crippen molar-refractivity contribution < 1.29 is 4.79 Å². The lowest BCUT2D eigenvalue weighted by atomic mass is 10.4. The minimum absolute atomic E-state index is 0.295. The Bertz CT molecular complexity index is 177. The van der Waals surface area contributed by atoms with E-state index in [9.17, 15) is 4.79 Å². The molecular formula is C6H12N4O. The molecule has 1 heterocycles. The number of carbonyl (C=O) groups excluding carboxylic acids is 1. The van der Waals surface area contributed by atoms with Crippen molar-refractivity contribution in [3.05, 3.63) is 0 Å². The SMILES string of the molecule is NC(=O)CCNC1=NCCN1. The lowest BCUT2D eigenvalue weighted by Gasteiger charge is -2.03. The van der Waals surface area contributed by atoms with Gasteiger partial charge >= 0.3 is 0 Å². The minimum atomic E-state index is -0.295. The highest BCUT2D eigenvalue weighted by molar-refractivity contribution is 5.82. The summed E-state index contributed by atoms with van der Waals surface area (Å²) in [6.45, 7) is 2.24. The van der Waals surface area contributed by atoms with Crippen molar-refractivity contribution >= 4 is 11.9 Å². The summed E-state index contributed by atoms with van der Waals surface area (Å²) in [5, 5.41) is 5.97. The van der Waals surface area contributed by atoms with Gasteiger partial charge < -0.3 is 16.4 Å². The van der Waals surface area contributed by atoms with Gasteiger partial charge in [0.2, 0.25) is 5.91 Å². The molecule has 0 aromatic rings. The van der Waals surface area contributed by atoms with Crippen LogP contribution in [0.3, 0.4) is 0 Å². The summed E-state index contributed by atoms with van der Waals surface area (Å²) in [6, 6.07) is 0. The van der Waals surface area contributed by atoms with Gasteiger partial charge in [-0.15, -0.1) is 0 Å². The Balaban J connectivity index is 2.07. The molecule has 1 amide bonds. The number of amides is 1. The molecule has 5 nitrogen and oxygen atoms in total. The molecule has 11 heavy (non-hydrogen) atoms. The first-order valence-corrected chi connectivity index (χ1v) is 3.59. The van der Waals surface area contributed by atoms with Crippen LogP contribution in [0.1, 0.15) is 6.42 Å². The topological polar surface area (TPSA) is 79.5 Å². The highest BCUT2D eigenvalue weighted by Gasteiger charge is 2.02. The van der Waals surface area contributed by atoms with Gasteiger partial charge in [-0.25, -0.2) is 0 Å². The minimum Gasteiger partial charge on any atom is -0.370 e. The second-order valence-electron chi connectivity index (χ2n) is 2.30. The molecule has 0 bridgehead atoms. The van der Waals surface area contributed by atoms with Crippen LogP contribution >= 0.6 is 0 Å². The van der Waals surface area contributed by atoms with Crippen LogP contribution < -0.4 is 16.4 Å². The van der Waals surface area contributed by atoms with Crippen molar-refractivity contribution in [1.82, 2.24) is 10.6 Å². The summed E-state index contributed by atoms with van der Waals surface area (Å²) in [6.07, 6.45) is 0.348. The molecule has 62 valence electrons. The Morgan fingerprint density at radius 1 is 1.82 bits per heavy atom. The van der Waals surface area contributed by atoms with Crippen LogP contribution in [0.4, 0.5) is 0 Å². The van der Waals surface area contributed by atoms with Gasteiger partial charge in [0.25, 0.3) is 0 Å². The first kappa shape index (κ1) is 7.84. The number of guanidine groups is 1. The Morgan fingerprint density at radius 3 is 3.18 bits per heavy atom. The molecule has 0 saturated heterocycles. The van der Waals surface area contributed by atoms with Gasteiger partial charge in [0.05, 0.1) is 6.54 Å². The predicted octanol–water partition coefficient (Wildman–Crippen LogP) is -1.59. The molecule has 0 spiro atoms. The van der Waals surface area contributed by atoms with Gasteiger partial charge in [0, 0.05) is 19.5 Å². The summed E-state index contributed by atoms with van der Waals surface area (Å²) in [5.41, 5.74) is 4.94. The summed E-state index contributed by atoms with van der Waals surface area (Å²) >= 11 is 0. The van der Waals surface area contributed by atoms with Crippen LogP contribution in [-0.4, -0.2) is 31.5 Å². The van der Waals surface area contributed by atoms with Crippen LogP contribution in [0.25, 0.3) is 0 Å². The van der Waals surface area contributed by atoms with Gasteiger partial charge in [-0.2, -0.15) is 0 Å². The van der Waals surface area contributed by atoms with Crippen molar-refractivity contribution in [3.63, 3.8) is 0 Å². The number of hydrogen-bond acceptors (Lipinski definition) is 4. The highest BCUT2D eigenvalue weighted by Crippen LogP contribution is 1.81. The maximum atomic E-state index is 10.3. The maximum absolute atomic E-state index is 10.3. The van der Waals surface area contributed by atoms with Gasteiger partial charge in [-0.05, 0) is 0 Å². The first-order chi connectivity index (χ1) is 5.29. The second kappa shape index (κ2) is 3.80. The van der Waals surface area contributed by atoms with Gasteiger partial charge in [0.15, 0.2) is 5.96 Å². The van der Waals surface area contributed by atoms with Gasteiger partial charge in [0.1, 0.15) is 0 Å². The number of rotatable bonds is 3. The van der Waals surface area contributed by atoms with Crippen molar-refractivity contribution in [2.24, 2.45) is 10.7 Å². The molecule has 1 aliphatic heterocycles. The number of nitrogens with one attached hydrogen (secondary N) is 2. The molecular weight excluding hydrogens is 144 g/mol. The van der Waals surface area contributed by atoms with Crippen LogP contribution in [0.2, 0.25) is 0 Å². The third-order valence-electron chi connectivity index (χ3n) is 1.34. The normalized spacial score (nSPS) is 15.5. The molecule has 0 atom stereocenters. The van der Waals surface area contributed by atoms with E-state index in [1.807, 2.05) is 0 Å². The van der Waals surface area contributed by atoms with Gasteiger partial charge in [-0.3, -0.25) is 9.79 Å². The van der Waals surface area contributed by atoms with E-state index in [1.54, 1.807) is 0 Å². The fourth-order valence-corrected chi connectivity index (χ4v) is 0.820. The summed E-state index contributed by atoms with van der Waals surface area (Å²) < 4.78 is 0. The Kier molecular flexibility index (Phi) is 2.71. The van der Waals surface area contributed by atoms with Crippen LogP contribution in [0.5, 0.6) is 0 Å². The predicted molar refractivity (Wildman–Crippen MR) is 42.1 cm³/mol. The fraction of sp³-hybridized carbons (Fsp3) is 0.667. The fourth-order valence-electron chi connectivity index (χ4n) is 0.820. The van der Waals surface area contributed by atoms with E-state index in [4.69, 9.17) is 5.73 Å². The quantitative estimate of drug-likeness (QED) is 0.461. The summed E-state index contributed by atoms with van der Waals surface area (Å²) in [4.78, 5) is 14.4. The number of hydrogen-bond donors (Lipinski definition) is 3. The number of aliphatic imine (C=N–C) groups is 1. The lowest BCUT2D eigenvalue weighted by Crippen LogP contribution is -2.35. The summed E-state index contributed by atoms with van der Waals surface area (Å²) in [7, 11) is 0. The Morgan fingerprint density at radius 2 is 2.64 bits per heavy atom. The van der Waals surface area contributed by atoms with E-state index in [0.29, 0.717) is 13.0 Å². The Labute approximate surface area is 65.1 Å². The molecule has 0 aromatic carbocycles. The third kappa shape index (κ3) is 2.88. The third-order valence-corrected chi connectivity index (χ3v) is 1.34. The van der Waals surface area contributed by atoms with E-state index < -0.39 is 0 Å². The standard InChI is InChI=1S/C6H12N4O/c7-5(11)1-2-8-6-9-3-4-10-6/h1-4H2,(H2,7,11)(H2,8,9,10).